The fourth-order valence-electron chi connectivity index (χ4n) is 1.32. The van der Waals surface area contributed by atoms with Crippen LogP contribution in [0.3, 0.4) is 0 Å². The van der Waals surface area contributed by atoms with E-state index in [2.05, 4.69) is 12.2 Å². The molecule has 0 bridgehead atoms. The predicted molar refractivity (Wildman–Crippen MR) is 53.4 cm³/mol. The van der Waals surface area contributed by atoms with Crippen LogP contribution in [0.1, 0.15) is 24.8 Å². The van der Waals surface area contributed by atoms with Crippen molar-refractivity contribution in [2.45, 2.75) is 19.3 Å². The van der Waals surface area contributed by atoms with Gasteiger partial charge in [-0.3, -0.25) is 0 Å². The van der Waals surface area contributed by atoms with E-state index >= 15 is 0 Å². The Kier molecular flexibility index (Phi) is 3.90. The van der Waals surface area contributed by atoms with Gasteiger partial charge in [-0.1, -0.05) is 19.1 Å². The maximum atomic E-state index is 12.6. The average Bonchev–Trinajstić information content (AvgIpc) is 2.15. The minimum atomic E-state index is -0.162. The lowest BCUT2D eigenvalue weighted by molar-refractivity contribution is 0.617. The zero-order chi connectivity index (χ0) is 9.68. The molecule has 0 saturated carbocycles. The Bertz CT molecular complexity index is 243. The lowest BCUT2D eigenvalue weighted by Gasteiger charge is -2.10. The van der Waals surface area contributed by atoms with Crippen LogP contribution in [0.4, 0.5) is 4.39 Å². The molecule has 2 heteroatoms. The molecular formula is C11H16FN. The van der Waals surface area contributed by atoms with Crippen LogP contribution >= 0.6 is 0 Å². The van der Waals surface area contributed by atoms with Gasteiger partial charge >= 0.3 is 0 Å². The van der Waals surface area contributed by atoms with Crippen LogP contribution in [0.2, 0.25) is 0 Å². The minimum Gasteiger partial charge on any atom is -0.320 e. The van der Waals surface area contributed by atoms with Gasteiger partial charge in [-0.15, -0.1) is 0 Å². The van der Waals surface area contributed by atoms with Crippen molar-refractivity contribution in [2.75, 3.05) is 13.6 Å². The highest BCUT2D eigenvalue weighted by Gasteiger charge is 2.03. The van der Waals surface area contributed by atoms with E-state index in [4.69, 9.17) is 0 Å². The molecule has 1 aromatic rings. The van der Waals surface area contributed by atoms with Gasteiger partial charge < -0.3 is 5.32 Å². The zero-order valence-electron chi connectivity index (χ0n) is 8.18. The van der Waals surface area contributed by atoms with Gasteiger partial charge in [0.1, 0.15) is 5.82 Å². The van der Waals surface area contributed by atoms with Crippen molar-refractivity contribution < 1.29 is 4.39 Å². The van der Waals surface area contributed by atoms with E-state index < -0.39 is 0 Å². The third kappa shape index (κ3) is 3.15. The highest BCUT2D eigenvalue weighted by Crippen LogP contribution is 2.18. The van der Waals surface area contributed by atoms with Gasteiger partial charge in [-0.2, -0.15) is 0 Å². The Hall–Kier alpha value is -0.890. The summed E-state index contributed by atoms with van der Waals surface area (Å²) in [5.41, 5.74) is 1.21. The summed E-state index contributed by atoms with van der Waals surface area (Å²) in [4.78, 5) is 0. The Morgan fingerprint density at radius 1 is 1.31 bits per heavy atom. The maximum Gasteiger partial charge on any atom is 0.123 e. The van der Waals surface area contributed by atoms with E-state index in [9.17, 15) is 4.39 Å². The van der Waals surface area contributed by atoms with E-state index in [1.54, 1.807) is 0 Å². The molecular weight excluding hydrogens is 165 g/mol. The Morgan fingerprint density at radius 2 is 1.92 bits per heavy atom. The summed E-state index contributed by atoms with van der Waals surface area (Å²) in [6.07, 6.45) is 1.09. The van der Waals surface area contributed by atoms with Crippen molar-refractivity contribution >= 4 is 0 Å². The van der Waals surface area contributed by atoms with Crippen molar-refractivity contribution in [3.63, 3.8) is 0 Å². The fraction of sp³-hybridized carbons (Fsp3) is 0.455. The molecule has 1 rings (SSSR count). The Labute approximate surface area is 79.0 Å². The molecule has 0 aliphatic rings. The van der Waals surface area contributed by atoms with E-state index in [0.29, 0.717) is 5.92 Å². The molecule has 0 aliphatic heterocycles. The first kappa shape index (κ1) is 10.2. The third-order valence-electron chi connectivity index (χ3n) is 2.27. The smallest absolute Gasteiger partial charge is 0.123 e. The second-order valence-electron chi connectivity index (χ2n) is 3.34. The third-order valence-corrected chi connectivity index (χ3v) is 2.27. The molecule has 0 amide bonds. The molecule has 0 aromatic heterocycles. The van der Waals surface area contributed by atoms with Crippen LogP contribution in [0.5, 0.6) is 0 Å². The van der Waals surface area contributed by atoms with Crippen molar-refractivity contribution in [2.24, 2.45) is 0 Å². The van der Waals surface area contributed by atoms with Gasteiger partial charge in [0, 0.05) is 0 Å². The van der Waals surface area contributed by atoms with Crippen LogP contribution < -0.4 is 5.32 Å². The zero-order valence-corrected chi connectivity index (χ0v) is 8.18. The van der Waals surface area contributed by atoms with Gasteiger partial charge in [-0.05, 0) is 43.6 Å². The first-order valence-corrected chi connectivity index (χ1v) is 4.64. The summed E-state index contributed by atoms with van der Waals surface area (Å²) in [6, 6.07) is 6.75. The minimum absolute atomic E-state index is 0.162. The van der Waals surface area contributed by atoms with Crippen molar-refractivity contribution in [1.29, 1.82) is 0 Å². The van der Waals surface area contributed by atoms with Crippen molar-refractivity contribution in [3.05, 3.63) is 35.6 Å². The molecule has 0 radical (unpaired) electrons. The molecule has 1 atom stereocenters. The first-order chi connectivity index (χ1) is 6.24. The molecule has 0 heterocycles. The normalized spacial score (nSPS) is 12.8. The van der Waals surface area contributed by atoms with Crippen LogP contribution in [0, 0.1) is 5.82 Å². The molecule has 1 nitrogen and oxygen atoms in total. The quantitative estimate of drug-likeness (QED) is 0.752. The Morgan fingerprint density at radius 3 is 2.46 bits per heavy atom. The lowest BCUT2D eigenvalue weighted by atomic mass is 9.98. The average molecular weight is 181 g/mol. The van der Waals surface area contributed by atoms with Crippen molar-refractivity contribution in [3.8, 4) is 0 Å². The summed E-state index contributed by atoms with van der Waals surface area (Å²) < 4.78 is 12.6. The van der Waals surface area contributed by atoms with Gasteiger partial charge in [0.2, 0.25) is 0 Å². The fourth-order valence-corrected chi connectivity index (χ4v) is 1.32. The van der Waals surface area contributed by atoms with Crippen LogP contribution in [-0.4, -0.2) is 13.6 Å². The second kappa shape index (κ2) is 4.97. The van der Waals surface area contributed by atoms with Gasteiger partial charge in [0.25, 0.3) is 0 Å². The monoisotopic (exact) mass is 181 g/mol. The SMILES string of the molecule is CNCCC(C)c1ccc(F)cc1. The molecule has 1 N–H and O–H groups in total. The van der Waals surface area contributed by atoms with Gasteiger partial charge in [0.15, 0.2) is 0 Å². The predicted octanol–water partition coefficient (Wildman–Crippen LogP) is 2.54. The first-order valence-electron chi connectivity index (χ1n) is 4.64. The second-order valence-corrected chi connectivity index (χ2v) is 3.34. The van der Waals surface area contributed by atoms with Crippen LogP contribution in [-0.2, 0) is 0 Å². The largest absolute Gasteiger partial charge is 0.320 e. The van der Waals surface area contributed by atoms with E-state index in [1.807, 2.05) is 19.2 Å². The molecule has 1 aromatic carbocycles. The highest BCUT2D eigenvalue weighted by molar-refractivity contribution is 5.19. The molecule has 0 fully saturated rings. The number of hydrogen-bond donors (Lipinski definition) is 1. The standard InChI is InChI=1S/C11H16FN/c1-9(7-8-13-2)10-3-5-11(12)6-4-10/h3-6,9,13H,7-8H2,1-2H3. The lowest BCUT2D eigenvalue weighted by Crippen LogP contribution is -2.10. The summed E-state index contributed by atoms with van der Waals surface area (Å²) in [7, 11) is 1.94. The number of halogens is 1. The summed E-state index contributed by atoms with van der Waals surface area (Å²) in [5.74, 6) is 0.331. The molecule has 0 aliphatic carbocycles. The maximum absolute atomic E-state index is 12.6. The molecule has 1 unspecified atom stereocenters. The Balaban J connectivity index is 2.55. The number of benzene rings is 1. The van der Waals surface area contributed by atoms with Crippen LogP contribution in [0.15, 0.2) is 24.3 Å². The number of nitrogens with one attached hydrogen (secondary N) is 1. The summed E-state index contributed by atoms with van der Waals surface area (Å²) in [6.45, 7) is 3.16. The summed E-state index contributed by atoms with van der Waals surface area (Å²) in [5, 5.41) is 3.11. The molecule has 0 spiro atoms. The van der Waals surface area contributed by atoms with Gasteiger partial charge in [0.05, 0.1) is 0 Å². The molecule has 72 valence electrons. The van der Waals surface area contributed by atoms with E-state index in [1.165, 1.54) is 17.7 Å². The topological polar surface area (TPSA) is 12.0 Å². The van der Waals surface area contributed by atoms with E-state index in [0.717, 1.165) is 13.0 Å². The van der Waals surface area contributed by atoms with Crippen LogP contribution in [0.25, 0.3) is 0 Å². The van der Waals surface area contributed by atoms with Crippen molar-refractivity contribution in [1.82, 2.24) is 5.32 Å². The van der Waals surface area contributed by atoms with Gasteiger partial charge in [-0.25, -0.2) is 4.39 Å². The highest BCUT2D eigenvalue weighted by atomic mass is 19.1. The van der Waals surface area contributed by atoms with E-state index in [-0.39, 0.29) is 5.82 Å². The molecule has 13 heavy (non-hydrogen) atoms. The number of hydrogen-bond acceptors (Lipinski definition) is 1. The number of rotatable bonds is 4. The molecule has 0 saturated heterocycles. The summed E-state index contributed by atoms with van der Waals surface area (Å²) >= 11 is 0.